The molecule has 0 atom stereocenters. The van der Waals surface area contributed by atoms with E-state index in [-0.39, 0.29) is 5.70 Å². The van der Waals surface area contributed by atoms with E-state index in [4.69, 9.17) is 16.3 Å². The molecule has 5 nitrogen and oxygen atoms in total. The molecule has 4 rings (SSSR count). The van der Waals surface area contributed by atoms with Crippen LogP contribution >= 0.6 is 11.6 Å². The molecule has 0 saturated carbocycles. The van der Waals surface area contributed by atoms with Crippen molar-refractivity contribution < 1.29 is 14.3 Å². The molecule has 6 heteroatoms. The standard InChI is InChI=1S/C25H21ClN2O3/c1-3-31-19-12-7-11-18(15-19)28-24(29)22(17-9-5-4-6-10-17)23(25(28)30)27-21-14-8-13-20(26)16(21)2/h4-15,27H,3H2,1-2H3. The van der Waals surface area contributed by atoms with Crippen molar-refractivity contribution in [2.45, 2.75) is 13.8 Å². The summed E-state index contributed by atoms with van der Waals surface area (Å²) in [5, 5.41) is 3.74. The maximum atomic E-state index is 13.5. The molecule has 0 aromatic heterocycles. The van der Waals surface area contributed by atoms with Crippen molar-refractivity contribution in [1.29, 1.82) is 0 Å². The Bertz CT molecular complexity index is 1190. The Morgan fingerprint density at radius 2 is 1.68 bits per heavy atom. The quantitative estimate of drug-likeness (QED) is 0.526. The minimum absolute atomic E-state index is 0.211. The fourth-order valence-electron chi connectivity index (χ4n) is 3.51. The molecule has 0 aliphatic carbocycles. The Morgan fingerprint density at radius 3 is 2.42 bits per heavy atom. The van der Waals surface area contributed by atoms with Crippen molar-refractivity contribution in [1.82, 2.24) is 0 Å². The van der Waals surface area contributed by atoms with E-state index in [1.165, 1.54) is 4.90 Å². The molecule has 1 aliphatic heterocycles. The molecule has 1 N–H and O–H groups in total. The van der Waals surface area contributed by atoms with Crippen LogP contribution in [0.2, 0.25) is 5.02 Å². The first-order valence-electron chi connectivity index (χ1n) is 9.94. The van der Waals surface area contributed by atoms with E-state index in [9.17, 15) is 9.59 Å². The van der Waals surface area contributed by atoms with Crippen molar-refractivity contribution in [2.24, 2.45) is 0 Å². The number of benzene rings is 3. The third-order valence-electron chi connectivity index (χ3n) is 5.06. The predicted molar refractivity (Wildman–Crippen MR) is 123 cm³/mol. The molecular weight excluding hydrogens is 412 g/mol. The van der Waals surface area contributed by atoms with Crippen LogP contribution in [0.3, 0.4) is 0 Å². The van der Waals surface area contributed by atoms with Crippen LogP contribution in [0.25, 0.3) is 5.57 Å². The molecule has 2 amide bonds. The van der Waals surface area contributed by atoms with E-state index in [0.717, 1.165) is 5.56 Å². The molecule has 0 radical (unpaired) electrons. The number of anilines is 2. The number of imide groups is 1. The molecule has 0 fully saturated rings. The van der Waals surface area contributed by atoms with Gasteiger partial charge in [0, 0.05) is 16.8 Å². The van der Waals surface area contributed by atoms with Crippen molar-refractivity contribution >= 4 is 40.4 Å². The Hall–Kier alpha value is -3.57. The Labute approximate surface area is 185 Å². The van der Waals surface area contributed by atoms with E-state index in [2.05, 4.69) is 5.32 Å². The zero-order chi connectivity index (χ0) is 22.0. The highest BCUT2D eigenvalue weighted by Gasteiger charge is 2.40. The molecule has 0 spiro atoms. The second-order valence-electron chi connectivity index (χ2n) is 7.03. The number of carbonyl (C=O) groups is 2. The van der Waals surface area contributed by atoms with Crippen molar-refractivity contribution in [2.75, 3.05) is 16.8 Å². The molecule has 3 aromatic carbocycles. The first kappa shape index (κ1) is 20.7. The lowest BCUT2D eigenvalue weighted by Gasteiger charge is -2.17. The summed E-state index contributed by atoms with van der Waals surface area (Å²) in [7, 11) is 0. The van der Waals surface area contributed by atoms with Gasteiger partial charge in [-0.05, 0) is 49.2 Å². The van der Waals surface area contributed by atoms with E-state index in [1.54, 1.807) is 36.4 Å². The number of nitrogens with one attached hydrogen (secondary N) is 1. The Kier molecular flexibility index (Phi) is 5.78. The second kappa shape index (κ2) is 8.66. The largest absolute Gasteiger partial charge is 0.494 e. The van der Waals surface area contributed by atoms with Gasteiger partial charge in [-0.2, -0.15) is 0 Å². The smallest absolute Gasteiger partial charge is 0.282 e. The number of nitrogens with zero attached hydrogens (tertiary/aromatic N) is 1. The average Bonchev–Trinajstić information content (AvgIpc) is 3.02. The Morgan fingerprint density at radius 1 is 0.935 bits per heavy atom. The van der Waals surface area contributed by atoms with Gasteiger partial charge in [-0.3, -0.25) is 9.59 Å². The van der Waals surface area contributed by atoms with Crippen LogP contribution in [0.5, 0.6) is 5.75 Å². The highest BCUT2D eigenvalue weighted by molar-refractivity contribution is 6.46. The van der Waals surface area contributed by atoms with Gasteiger partial charge in [-0.25, -0.2) is 4.90 Å². The van der Waals surface area contributed by atoms with Gasteiger partial charge in [0.25, 0.3) is 11.8 Å². The van der Waals surface area contributed by atoms with Gasteiger partial charge in [-0.1, -0.05) is 54.1 Å². The molecule has 1 aliphatic rings. The summed E-state index contributed by atoms with van der Waals surface area (Å²) >= 11 is 6.26. The Balaban J connectivity index is 1.81. The van der Waals surface area contributed by atoms with E-state index >= 15 is 0 Å². The van der Waals surface area contributed by atoms with Gasteiger partial charge >= 0.3 is 0 Å². The van der Waals surface area contributed by atoms with Crippen LogP contribution in [0.4, 0.5) is 11.4 Å². The van der Waals surface area contributed by atoms with Gasteiger partial charge in [0.2, 0.25) is 0 Å². The second-order valence-corrected chi connectivity index (χ2v) is 7.44. The molecule has 3 aromatic rings. The van der Waals surface area contributed by atoms with Crippen molar-refractivity contribution in [3.05, 3.63) is 94.6 Å². The van der Waals surface area contributed by atoms with Crippen molar-refractivity contribution in [3.63, 3.8) is 0 Å². The summed E-state index contributed by atoms with van der Waals surface area (Å²) in [5.41, 5.74) is 3.10. The highest BCUT2D eigenvalue weighted by atomic mass is 35.5. The first-order chi connectivity index (χ1) is 15.0. The SMILES string of the molecule is CCOc1cccc(N2C(=O)C(Nc3cccc(Cl)c3C)=C(c3ccccc3)C2=O)c1. The number of ether oxygens (including phenoxy) is 1. The molecular formula is C25H21ClN2O3. The summed E-state index contributed by atoms with van der Waals surface area (Å²) in [6.07, 6.45) is 0. The van der Waals surface area contributed by atoms with Gasteiger partial charge in [0.15, 0.2) is 0 Å². The highest BCUT2D eigenvalue weighted by Crippen LogP contribution is 2.36. The number of rotatable bonds is 6. The van der Waals surface area contributed by atoms with Crippen LogP contribution in [0.15, 0.2) is 78.5 Å². The monoisotopic (exact) mass is 432 g/mol. The molecule has 0 bridgehead atoms. The van der Waals surface area contributed by atoms with E-state index in [1.807, 2.05) is 50.2 Å². The molecule has 0 saturated heterocycles. The summed E-state index contributed by atoms with van der Waals surface area (Å²) in [5.74, 6) is -0.238. The van der Waals surface area contributed by atoms with Crippen LogP contribution < -0.4 is 15.0 Å². The summed E-state index contributed by atoms with van der Waals surface area (Å²) < 4.78 is 5.55. The molecule has 31 heavy (non-hydrogen) atoms. The minimum Gasteiger partial charge on any atom is -0.494 e. The number of hydrogen-bond acceptors (Lipinski definition) is 4. The normalized spacial score (nSPS) is 13.7. The summed E-state index contributed by atoms with van der Waals surface area (Å²) in [6, 6.07) is 21.5. The minimum atomic E-state index is -0.433. The predicted octanol–water partition coefficient (Wildman–Crippen LogP) is 5.44. The molecule has 0 unspecified atom stereocenters. The van der Waals surface area contributed by atoms with Gasteiger partial charge < -0.3 is 10.1 Å². The fourth-order valence-corrected chi connectivity index (χ4v) is 3.68. The fraction of sp³-hybridized carbons (Fsp3) is 0.120. The average molecular weight is 433 g/mol. The maximum absolute atomic E-state index is 13.5. The third kappa shape index (κ3) is 3.92. The summed E-state index contributed by atoms with van der Waals surface area (Å²) in [4.78, 5) is 28.1. The van der Waals surface area contributed by atoms with Crippen LogP contribution in [0.1, 0.15) is 18.1 Å². The molecule has 156 valence electrons. The molecule has 1 heterocycles. The van der Waals surface area contributed by atoms with Gasteiger partial charge in [0.05, 0.1) is 17.9 Å². The number of amides is 2. The van der Waals surface area contributed by atoms with E-state index in [0.29, 0.717) is 39.9 Å². The lowest BCUT2D eigenvalue weighted by atomic mass is 10.0. The van der Waals surface area contributed by atoms with Gasteiger partial charge in [0.1, 0.15) is 11.4 Å². The maximum Gasteiger partial charge on any atom is 0.282 e. The van der Waals surface area contributed by atoms with Crippen LogP contribution in [0, 0.1) is 6.92 Å². The summed E-state index contributed by atoms with van der Waals surface area (Å²) in [6.45, 7) is 4.22. The first-order valence-corrected chi connectivity index (χ1v) is 10.3. The van der Waals surface area contributed by atoms with E-state index < -0.39 is 11.8 Å². The van der Waals surface area contributed by atoms with Crippen molar-refractivity contribution in [3.8, 4) is 5.75 Å². The number of hydrogen-bond donors (Lipinski definition) is 1. The van der Waals surface area contributed by atoms with Gasteiger partial charge in [-0.15, -0.1) is 0 Å². The van der Waals surface area contributed by atoms with Crippen LogP contribution in [-0.2, 0) is 9.59 Å². The zero-order valence-electron chi connectivity index (χ0n) is 17.2. The number of halogens is 1. The third-order valence-corrected chi connectivity index (χ3v) is 5.47. The van der Waals surface area contributed by atoms with Crippen LogP contribution in [-0.4, -0.2) is 18.4 Å². The number of carbonyl (C=O) groups excluding carboxylic acids is 2. The lowest BCUT2D eigenvalue weighted by Crippen LogP contribution is -2.32. The zero-order valence-corrected chi connectivity index (χ0v) is 17.9. The lowest BCUT2D eigenvalue weighted by molar-refractivity contribution is -0.120. The topological polar surface area (TPSA) is 58.6 Å².